The molecule has 0 unspecified atom stereocenters. The number of nitrogens with two attached hydrogens (primary N) is 1. The van der Waals surface area contributed by atoms with Crippen LogP contribution >= 0.6 is 0 Å². The zero-order valence-electron chi connectivity index (χ0n) is 12.2. The van der Waals surface area contributed by atoms with Crippen molar-refractivity contribution in [1.82, 2.24) is 9.97 Å². The summed E-state index contributed by atoms with van der Waals surface area (Å²) >= 11 is 0. The molecule has 5 nitrogen and oxygen atoms in total. The van der Waals surface area contributed by atoms with Gasteiger partial charge in [-0.2, -0.15) is 0 Å². The number of hydrogen-bond acceptors (Lipinski definition) is 5. The van der Waals surface area contributed by atoms with Gasteiger partial charge in [-0.05, 0) is 31.1 Å². The molecule has 1 saturated carbocycles. The molecule has 1 fully saturated rings. The van der Waals surface area contributed by atoms with Crippen molar-refractivity contribution in [2.24, 2.45) is 11.3 Å². The van der Waals surface area contributed by atoms with Crippen molar-refractivity contribution in [2.45, 2.75) is 58.9 Å². The third kappa shape index (κ3) is 3.80. The van der Waals surface area contributed by atoms with Gasteiger partial charge in [-0.15, -0.1) is 0 Å². The molecule has 1 aromatic heterocycles. The van der Waals surface area contributed by atoms with Crippen LogP contribution in [0.2, 0.25) is 0 Å². The third-order valence-electron chi connectivity index (χ3n) is 3.93. The van der Waals surface area contributed by atoms with Crippen LogP contribution in [0.5, 0.6) is 0 Å². The number of aryl methyl sites for hydroxylation is 1. The van der Waals surface area contributed by atoms with Gasteiger partial charge >= 0.3 is 0 Å². The first kappa shape index (κ1) is 14.1. The topological polar surface area (TPSA) is 75.9 Å². The van der Waals surface area contributed by atoms with E-state index >= 15 is 0 Å². The Morgan fingerprint density at radius 3 is 2.47 bits per heavy atom. The first-order chi connectivity index (χ1) is 9.02. The van der Waals surface area contributed by atoms with Crippen molar-refractivity contribution >= 4 is 11.6 Å². The minimum Gasteiger partial charge on any atom is -0.367 e. The van der Waals surface area contributed by atoms with E-state index in [4.69, 9.17) is 5.84 Å². The fraction of sp³-hybridized carbons (Fsp3) is 0.714. The van der Waals surface area contributed by atoms with Gasteiger partial charge in [0.15, 0.2) is 0 Å². The molecule has 106 valence electrons. The number of nitrogens with one attached hydrogen (secondary N) is 2. The Kier molecular flexibility index (Phi) is 4.24. The van der Waals surface area contributed by atoms with E-state index < -0.39 is 0 Å². The summed E-state index contributed by atoms with van der Waals surface area (Å²) in [5.74, 6) is 7.81. The zero-order chi connectivity index (χ0) is 13.9. The van der Waals surface area contributed by atoms with E-state index in [1.807, 2.05) is 13.0 Å². The Bertz CT molecular complexity index is 398. The van der Waals surface area contributed by atoms with Crippen molar-refractivity contribution in [3.05, 3.63) is 11.9 Å². The molecule has 19 heavy (non-hydrogen) atoms. The Morgan fingerprint density at radius 2 is 1.89 bits per heavy atom. The zero-order valence-corrected chi connectivity index (χ0v) is 12.2. The second-order valence-electron chi connectivity index (χ2n) is 6.14. The van der Waals surface area contributed by atoms with Gasteiger partial charge in [-0.1, -0.05) is 20.8 Å². The molecule has 0 aromatic carbocycles. The summed E-state index contributed by atoms with van der Waals surface area (Å²) in [6, 6.07) is 2.39. The highest BCUT2D eigenvalue weighted by Crippen LogP contribution is 2.36. The summed E-state index contributed by atoms with van der Waals surface area (Å²) in [6.45, 7) is 6.74. The van der Waals surface area contributed by atoms with Gasteiger partial charge in [-0.25, -0.2) is 15.8 Å². The minimum absolute atomic E-state index is 0.488. The Labute approximate surface area is 115 Å². The predicted molar refractivity (Wildman–Crippen MR) is 78.9 cm³/mol. The number of hydrazine groups is 1. The van der Waals surface area contributed by atoms with Gasteiger partial charge < -0.3 is 10.7 Å². The molecule has 5 heteroatoms. The van der Waals surface area contributed by atoms with E-state index in [9.17, 15) is 0 Å². The molecule has 0 radical (unpaired) electrons. The highest BCUT2D eigenvalue weighted by molar-refractivity contribution is 5.47. The number of aromatic nitrogens is 2. The lowest BCUT2D eigenvalue weighted by atomic mass is 9.75. The van der Waals surface area contributed by atoms with Crippen LogP contribution < -0.4 is 16.6 Å². The summed E-state index contributed by atoms with van der Waals surface area (Å²) in [5.41, 5.74) is 3.09. The summed E-state index contributed by atoms with van der Waals surface area (Å²) < 4.78 is 0. The van der Waals surface area contributed by atoms with E-state index in [0.29, 0.717) is 17.3 Å². The predicted octanol–water partition coefficient (Wildman–Crippen LogP) is 2.71. The first-order valence-corrected chi connectivity index (χ1v) is 7.13. The Balaban J connectivity index is 2.03. The quantitative estimate of drug-likeness (QED) is 0.575. The summed E-state index contributed by atoms with van der Waals surface area (Å²) in [5, 5.41) is 3.52. The van der Waals surface area contributed by atoms with Crippen molar-refractivity contribution in [3.8, 4) is 0 Å². The second-order valence-corrected chi connectivity index (χ2v) is 6.14. The molecule has 0 bridgehead atoms. The van der Waals surface area contributed by atoms with Crippen LogP contribution in [0.3, 0.4) is 0 Å². The number of nitrogens with zero attached hydrogens (tertiary/aromatic N) is 2. The SMILES string of the molecule is CCc1nc(NN)cc(NC2CCC(C)(C)CC2)n1. The number of rotatable bonds is 4. The van der Waals surface area contributed by atoms with Crippen LogP contribution in [0.25, 0.3) is 0 Å². The van der Waals surface area contributed by atoms with E-state index in [1.54, 1.807) is 0 Å². The van der Waals surface area contributed by atoms with E-state index in [2.05, 4.69) is 34.6 Å². The molecule has 1 aliphatic rings. The maximum atomic E-state index is 5.44. The van der Waals surface area contributed by atoms with Crippen LogP contribution in [-0.4, -0.2) is 16.0 Å². The molecular formula is C14H25N5. The highest BCUT2D eigenvalue weighted by atomic mass is 15.3. The van der Waals surface area contributed by atoms with Crippen LogP contribution in [0.1, 0.15) is 52.3 Å². The molecule has 2 rings (SSSR count). The number of hydrogen-bond donors (Lipinski definition) is 3. The van der Waals surface area contributed by atoms with Crippen LogP contribution in [0.4, 0.5) is 11.6 Å². The molecular weight excluding hydrogens is 238 g/mol. The lowest BCUT2D eigenvalue weighted by molar-refractivity contribution is 0.232. The largest absolute Gasteiger partial charge is 0.367 e. The van der Waals surface area contributed by atoms with E-state index in [0.717, 1.165) is 18.1 Å². The lowest BCUT2D eigenvalue weighted by Gasteiger charge is -2.34. The maximum absolute atomic E-state index is 5.44. The molecule has 1 aromatic rings. The number of anilines is 2. The van der Waals surface area contributed by atoms with Gasteiger partial charge in [0, 0.05) is 18.5 Å². The average Bonchev–Trinajstić information content (AvgIpc) is 2.40. The summed E-state index contributed by atoms with van der Waals surface area (Å²) in [6.07, 6.45) is 5.73. The number of nitrogen functional groups attached to an aromatic ring is 1. The second kappa shape index (κ2) is 5.74. The molecule has 0 aliphatic heterocycles. The average molecular weight is 263 g/mol. The maximum Gasteiger partial charge on any atom is 0.145 e. The van der Waals surface area contributed by atoms with Crippen LogP contribution in [0.15, 0.2) is 6.07 Å². The minimum atomic E-state index is 0.488. The molecule has 0 spiro atoms. The third-order valence-corrected chi connectivity index (χ3v) is 3.93. The molecule has 1 aliphatic carbocycles. The fourth-order valence-corrected chi connectivity index (χ4v) is 2.56. The van der Waals surface area contributed by atoms with E-state index in [-0.39, 0.29) is 0 Å². The van der Waals surface area contributed by atoms with Crippen molar-refractivity contribution in [3.63, 3.8) is 0 Å². The Morgan fingerprint density at radius 1 is 1.26 bits per heavy atom. The van der Waals surface area contributed by atoms with E-state index in [1.165, 1.54) is 25.7 Å². The van der Waals surface area contributed by atoms with Crippen LogP contribution in [0, 0.1) is 5.41 Å². The fourth-order valence-electron chi connectivity index (χ4n) is 2.56. The normalized spacial score (nSPS) is 19.2. The van der Waals surface area contributed by atoms with Gasteiger partial charge in [0.25, 0.3) is 0 Å². The van der Waals surface area contributed by atoms with Gasteiger partial charge in [-0.3, -0.25) is 0 Å². The smallest absolute Gasteiger partial charge is 0.145 e. The standard InChI is InChI=1S/C14H25N5/c1-4-11-17-12(9-13(18-11)19-15)16-10-5-7-14(2,3)8-6-10/h9-10H,4-8,15H2,1-3H3,(H2,16,17,18,19). The molecule has 4 N–H and O–H groups in total. The molecule has 0 atom stereocenters. The van der Waals surface area contributed by atoms with Crippen LogP contribution in [-0.2, 0) is 6.42 Å². The Hall–Kier alpha value is -1.36. The van der Waals surface area contributed by atoms with Gasteiger partial charge in [0.2, 0.25) is 0 Å². The summed E-state index contributed by atoms with van der Waals surface area (Å²) in [7, 11) is 0. The van der Waals surface area contributed by atoms with Gasteiger partial charge in [0.05, 0.1) is 0 Å². The first-order valence-electron chi connectivity index (χ1n) is 7.13. The highest BCUT2D eigenvalue weighted by Gasteiger charge is 2.26. The lowest BCUT2D eigenvalue weighted by Crippen LogP contribution is -2.30. The molecule has 0 amide bonds. The molecule has 0 saturated heterocycles. The summed E-state index contributed by atoms with van der Waals surface area (Å²) in [4.78, 5) is 8.81. The molecule has 1 heterocycles. The monoisotopic (exact) mass is 263 g/mol. The van der Waals surface area contributed by atoms with Crippen molar-refractivity contribution in [1.29, 1.82) is 0 Å². The van der Waals surface area contributed by atoms with Crippen molar-refractivity contribution in [2.75, 3.05) is 10.7 Å². The van der Waals surface area contributed by atoms with Gasteiger partial charge in [0.1, 0.15) is 17.5 Å². The van der Waals surface area contributed by atoms with Crippen molar-refractivity contribution < 1.29 is 0 Å².